The maximum absolute atomic E-state index is 10.5. The van der Waals surface area contributed by atoms with Crippen LogP contribution in [-0.2, 0) is 4.79 Å². The number of carboxylic acid groups (broad SMARTS) is 1. The van der Waals surface area contributed by atoms with Crippen LogP contribution in [0.2, 0.25) is 10.0 Å². The van der Waals surface area contributed by atoms with Crippen molar-refractivity contribution in [3.8, 4) is 0 Å². The Morgan fingerprint density at radius 3 is 2.62 bits per heavy atom. The number of rotatable bonds is 5. The molecule has 3 nitrogen and oxygen atoms in total. The first kappa shape index (κ1) is 13.3. The van der Waals surface area contributed by atoms with Crippen molar-refractivity contribution in [2.75, 3.05) is 6.54 Å². The standard InChI is InChI=1S/C11H13Cl2NO2/c1-2-10(14-6-11(15)16)7-3-4-8(12)9(13)5-7/h3-5,10,14H,2,6H2,1H3,(H,15,16)/t10-/m1/s1. The molecule has 16 heavy (non-hydrogen) atoms. The summed E-state index contributed by atoms with van der Waals surface area (Å²) in [4.78, 5) is 10.5. The van der Waals surface area contributed by atoms with Gasteiger partial charge in [0.2, 0.25) is 0 Å². The van der Waals surface area contributed by atoms with Gasteiger partial charge in [-0.1, -0.05) is 36.2 Å². The van der Waals surface area contributed by atoms with E-state index in [9.17, 15) is 4.79 Å². The Labute approximate surface area is 104 Å². The van der Waals surface area contributed by atoms with Crippen LogP contribution < -0.4 is 5.32 Å². The molecule has 1 aromatic rings. The molecule has 2 N–H and O–H groups in total. The van der Waals surface area contributed by atoms with Crippen LogP contribution in [0.5, 0.6) is 0 Å². The number of hydrogen-bond donors (Lipinski definition) is 2. The number of carboxylic acids is 1. The number of benzene rings is 1. The van der Waals surface area contributed by atoms with Gasteiger partial charge in [-0.05, 0) is 24.1 Å². The number of halogens is 2. The summed E-state index contributed by atoms with van der Waals surface area (Å²) in [6.07, 6.45) is 0.783. The van der Waals surface area contributed by atoms with Gasteiger partial charge < -0.3 is 10.4 Å². The van der Waals surface area contributed by atoms with Gasteiger partial charge in [0.25, 0.3) is 0 Å². The molecule has 1 aromatic carbocycles. The molecule has 0 aromatic heterocycles. The van der Waals surface area contributed by atoms with Crippen molar-refractivity contribution in [1.82, 2.24) is 5.32 Å². The van der Waals surface area contributed by atoms with E-state index in [1.165, 1.54) is 0 Å². The van der Waals surface area contributed by atoms with Gasteiger partial charge in [0.05, 0.1) is 16.6 Å². The average molecular weight is 262 g/mol. The molecule has 0 bridgehead atoms. The van der Waals surface area contributed by atoms with Gasteiger partial charge in [0, 0.05) is 6.04 Å². The summed E-state index contributed by atoms with van der Waals surface area (Å²) < 4.78 is 0. The van der Waals surface area contributed by atoms with Crippen molar-refractivity contribution in [3.05, 3.63) is 33.8 Å². The third-order valence-corrected chi connectivity index (χ3v) is 2.99. The van der Waals surface area contributed by atoms with Crippen LogP contribution >= 0.6 is 23.2 Å². The minimum Gasteiger partial charge on any atom is -0.480 e. The lowest BCUT2D eigenvalue weighted by Crippen LogP contribution is -2.27. The molecule has 0 spiro atoms. The lowest BCUT2D eigenvalue weighted by Gasteiger charge is -2.16. The molecule has 1 atom stereocenters. The minimum atomic E-state index is -0.876. The maximum atomic E-state index is 10.5. The fourth-order valence-electron chi connectivity index (χ4n) is 1.44. The van der Waals surface area contributed by atoms with E-state index in [4.69, 9.17) is 28.3 Å². The first-order chi connectivity index (χ1) is 7.54. The Balaban J connectivity index is 2.78. The van der Waals surface area contributed by atoms with Crippen molar-refractivity contribution in [2.24, 2.45) is 0 Å². The second-order valence-electron chi connectivity index (χ2n) is 3.41. The van der Waals surface area contributed by atoms with E-state index in [2.05, 4.69) is 5.32 Å². The van der Waals surface area contributed by atoms with Crippen LogP contribution in [0.15, 0.2) is 18.2 Å². The molecule has 0 unspecified atom stereocenters. The molecule has 0 heterocycles. The van der Waals surface area contributed by atoms with E-state index >= 15 is 0 Å². The molecule has 5 heteroatoms. The van der Waals surface area contributed by atoms with Crippen LogP contribution in [0, 0.1) is 0 Å². The fraction of sp³-hybridized carbons (Fsp3) is 0.364. The predicted molar refractivity (Wildman–Crippen MR) is 65.1 cm³/mol. The molecule has 0 aliphatic heterocycles. The van der Waals surface area contributed by atoms with Gasteiger partial charge in [-0.25, -0.2) is 0 Å². The van der Waals surface area contributed by atoms with Crippen LogP contribution in [-0.4, -0.2) is 17.6 Å². The quantitative estimate of drug-likeness (QED) is 0.857. The van der Waals surface area contributed by atoms with Crippen LogP contribution in [0.25, 0.3) is 0 Å². The van der Waals surface area contributed by atoms with Gasteiger partial charge in [-0.2, -0.15) is 0 Å². The van der Waals surface area contributed by atoms with E-state index in [-0.39, 0.29) is 12.6 Å². The normalized spacial score (nSPS) is 12.4. The van der Waals surface area contributed by atoms with Crippen molar-refractivity contribution in [2.45, 2.75) is 19.4 Å². The Kier molecular flexibility index (Phi) is 5.06. The average Bonchev–Trinajstić information content (AvgIpc) is 2.23. The summed E-state index contributed by atoms with van der Waals surface area (Å²) in [6.45, 7) is 1.90. The molecule has 0 saturated carbocycles. The molecule has 0 amide bonds. The van der Waals surface area contributed by atoms with E-state index < -0.39 is 5.97 Å². The zero-order valence-corrected chi connectivity index (χ0v) is 10.3. The number of hydrogen-bond acceptors (Lipinski definition) is 2. The number of aliphatic carboxylic acids is 1. The predicted octanol–water partition coefficient (Wildman–Crippen LogP) is 3.12. The van der Waals surface area contributed by atoms with Crippen LogP contribution in [0.3, 0.4) is 0 Å². The fourth-order valence-corrected chi connectivity index (χ4v) is 1.74. The second kappa shape index (κ2) is 6.09. The lowest BCUT2D eigenvalue weighted by atomic mass is 10.0. The smallest absolute Gasteiger partial charge is 0.317 e. The SMILES string of the molecule is CC[C@@H](NCC(=O)O)c1ccc(Cl)c(Cl)c1. The molecule has 0 saturated heterocycles. The summed E-state index contributed by atoms with van der Waals surface area (Å²) in [5.74, 6) is -0.876. The molecule has 0 radical (unpaired) electrons. The third-order valence-electron chi connectivity index (χ3n) is 2.25. The van der Waals surface area contributed by atoms with Gasteiger partial charge in [0.15, 0.2) is 0 Å². The highest BCUT2D eigenvalue weighted by Crippen LogP contribution is 2.26. The van der Waals surface area contributed by atoms with E-state index in [1.807, 2.05) is 13.0 Å². The van der Waals surface area contributed by atoms with Gasteiger partial charge in [0.1, 0.15) is 0 Å². The topological polar surface area (TPSA) is 49.3 Å². The molecular weight excluding hydrogens is 249 g/mol. The van der Waals surface area contributed by atoms with Crippen LogP contribution in [0.4, 0.5) is 0 Å². The lowest BCUT2D eigenvalue weighted by molar-refractivity contribution is -0.136. The molecular formula is C11H13Cl2NO2. The first-order valence-corrected chi connectivity index (χ1v) is 5.70. The van der Waals surface area contributed by atoms with E-state index in [0.717, 1.165) is 12.0 Å². The largest absolute Gasteiger partial charge is 0.480 e. The number of carbonyl (C=O) groups is 1. The molecule has 0 aliphatic rings. The monoisotopic (exact) mass is 261 g/mol. The minimum absolute atomic E-state index is 0.0223. The summed E-state index contributed by atoms with van der Waals surface area (Å²) in [7, 11) is 0. The molecule has 88 valence electrons. The Morgan fingerprint density at radius 1 is 1.44 bits per heavy atom. The summed E-state index contributed by atoms with van der Waals surface area (Å²) in [5.41, 5.74) is 0.943. The highest BCUT2D eigenvalue weighted by atomic mass is 35.5. The third kappa shape index (κ3) is 3.67. The maximum Gasteiger partial charge on any atom is 0.317 e. The highest BCUT2D eigenvalue weighted by Gasteiger charge is 2.11. The first-order valence-electron chi connectivity index (χ1n) is 4.94. The Bertz CT molecular complexity index is 382. The van der Waals surface area contributed by atoms with Gasteiger partial charge in [-0.15, -0.1) is 0 Å². The Hall–Kier alpha value is -0.770. The molecule has 0 fully saturated rings. The summed E-state index contributed by atoms with van der Waals surface area (Å²) in [6, 6.07) is 5.29. The summed E-state index contributed by atoms with van der Waals surface area (Å²) in [5, 5.41) is 12.5. The van der Waals surface area contributed by atoms with Crippen LogP contribution in [0.1, 0.15) is 24.9 Å². The van der Waals surface area contributed by atoms with Crippen molar-refractivity contribution in [3.63, 3.8) is 0 Å². The zero-order chi connectivity index (χ0) is 12.1. The zero-order valence-electron chi connectivity index (χ0n) is 8.84. The molecule has 0 aliphatic carbocycles. The Morgan fingerprint density at radius 2 is 2.12 bits per heavy atom. The van der Waals surface area contributed by atoms with E-state index in [0.29, 0.717) is 10.0 Å². The highest BCUT2D eigenvalue weighted by molar-refractivity contribution is 6.42. The molecule has 1 rings (SSSR count). The van der Waals surface area contributed by atoms with Gasteiger partial charge in [-0.3, -0.25) is 4.79 Å². The second-order valence-corrected chi connectivity index (χ2v) is 4.22. The van der Waals surface area contributed by atoms with Gasteiger partial charge >= 0.3 is 5.97 Å². The van der Waals surface area contributed by atoms with Crippen molar-refractivity contribution in [1.29, 1.82) is 0 Å². The van der Waals surface area contributed by atoms with Crippen molar-refractivity contribution >= 4 is 29.2 Å². The number of nitrogens with one attached hydrogen (secondary N) is 1. The van der Waals surface area contributed by atoms with Crippen molar-refractivity contribution < 1.29 is 9.90 Å². The summed E-state index contributed by atoms with van der Waals surface area (Å²) >= 11 is 11.7. The van der Waals surface area contributed by atoms with E-state index in [1.54, 1.807) is 12.1 Å².